The van der Waals surface area contributed by atoms with E-state index >= 15 is 0 Å². The molecule has 0 bridgehead atoms. The number of rotatable bonds is 2. The normalized spacial score (nSPS) is 21.7. The van der Waals surface area contributed by atoms with E-state index in [2.05, 4.69) is 18.9 Å². The molecular formula is C16H22N4O. The van der Waals surface area contributed by atoms with Gasteiger partial charge in [0.25, 0.3) is 0 Å². The van der Waals surface area contributed by atoms with Crippen molar-refractivity contribution in [2.75, 3.05) is 13.1 Å². The number of carbonyl (C=O) groups excluding carboxylic acids is 1. The van der Waals surface area contributed by atoms with Crippen LogP contribution in [0.4, 0.5) is 0 Å². The lowest BCUT2D eigenvalue weighted by atomic mass is 9.79. The Bertz CT molecular complexity index is 661. The summed E-state index contributed by atoms with van der Waals surface area (Å²) in [7, 11) is 0. The number of likely N-dealkylation sites (tertiary alicyclic amines) is 1. The summed E-state index contributed by atoms with van der Waals surface area (Å²) < 4.78 is 1.78. The maximum atomic E-state index is 12.5. The van der Waals surface area contributed by atoms with Crippen molar-refractivity contribution < 1.29 is 4.79 Å². The molecule has 3 rings (SSSR count). The molecule has 1 unspecified atom stereocenters. The number of piperidine rings is 1. The Morgan fingerprint density at radius 3 is 2.95 bits per heavy atom. The number of para-hydroxylation sites is 1. The molecule has 5 nitrogen and oxygen atoms in total. The van der Waals surface area contributed by atoms with E-state index in [1.165, 1.54) is 0 Å². The van der Waals surface area contributed by atoms with Gasteiger partial charge in [-0.1, -0.05) is 32.0 Å². The maximum Gasteiger partial charge on any atom is 0.244 e. The zero-order valence-electron chi connectivity index (χ0n) is 12.6. The van der Waals surface area contributed by atoms with Crippen LogP contribution in [0.1, 0.15) is 20.3 Å². The first-order valence-electron chi connectivity index (χ1n) is 7.41. The first-order valence-corrected chi connectivity index (χ1v) is 7.41. The fraction of sp³-hybridized carbons (Fsp3) is 0.500. The highest BCUT2D eigenvalue weighted by molar-refractivity contribution is 5.82. The largest absolute Gasteiger partial charge is 0.340 e. The van der Waals surface area contributed by atoms with Gasteiger partial charge in [0, 0.05) is 24.5 Å². The zero-order chi connectivity index (χ0) is 15.0. The summed E-state index contributed by atoms with van der Waals surface area (Å²) in [6.07, 6.45) is 2.66. The van der Waals surface area contributed by atoms with Gasteiger partial charge in [-0.25, -0.2) is 0 Å². The Kier molecular flexibility index (Phi) is 3.45. The molecule has 5 heteroatoms. The molecule has 2 aromatic rings. The number of nitrogens with zero attached hydrogens (tertiary/aromatic N) is 3. The van der Waals surface area contributed by atoms with Crippen molar-refractivity contribution in [1.82, 2.24) is 14.7 Å². The summed E-state index contributed by atoms with van der Waals surface area (Å²) in [5.74, 6) is 0.115. The van der Waals surface area contributed by atoms with Crippen LogP contribution in [0.5, 0.6) is 0 Å². The quantitative estimate of drug-likeness (QED) is 0.912. The molecule has 0 saturated carbocycles. The van der Waals surface area contributed by atoms with Crippen LogP contribution in [-0.4, -0.2) is 39.7 Å². The van der Waals surface area contributed by atoms with Crippen molar-refractivity contribution in [3.63, 3.8) is 0 Å². The highest BCUT2D eigenvalue weighted by atomic mass is 16.2. The SMILES string of the molecule is CC1(C)CN(C(=O)Cn2ncc3ccccc32)CCC1N. The molecule has 1 aromatic heterocycles. The van der Waals surface area contributed by atoms with Crippen molar-refractivity contribution in [3.8, 4) is 0 Å². The Hall–Kier alpha value is -1.88. The predicted octanol–water partition coefficient (Wildman–Crippen LogP) is 1.62. The number of aromatic nitrogens is 2. The van der Waals surface area contributed by atoms with Gasteiger partial charge in [0.15, 0.2) is 0 Å². The maximum absolute atomic E-state index is 12.5. The molecule has 0 radical (unpaired) electrons. The predicted molar refractivity (Wildman–Crippen MR) is 82.7 cm³/mol. The summed E-state index contributed by atoms with van der Waals surface area (Å²) in [5, 5.41) is 5.39. The van der Waals surface area contributed by atoms with Gasteiger partial charge in [-0.3, -0.25) is 9.48 Å². The molecule has 112 valence electrons. The minimum atomic E-state index is -0.0277. The van der Waals surface area contributed by atoms with Crippen molar-refractivity contribution in [2.24, 2.45) is 11.1 Å². The van der Waals surface area contributed by atoms with Crippen LogP contribution in [0.25, 0.3) is 10.9 Å². The molecule has 2 heterocycles. The third kappa shape index (κ3) is 2.65. The summed E-state index contributed by atoms with van der Waals surface area (Å²) >= 11 is 0. The Morgan fingerprint density at radius 1 is 1.43 bits per heavy atom. The van der Waals surface area contributed by atoms with Crippen molar-refractivity contribution in [1.29, 1.82) is 0 Å². The van der Waals surface area contributed by atoms with E-state index in [1.54, 1.807) is 10.9 Å². The van der Waals surface area contributed by atoms with Crippen LogP contribution in [0.2, 0.25) is 0 Å². The number of amides is 1. The number of carbonyl (C=O) groups is 1. The van der Waals surface area contributed by atoms with Crippen LogP contribution in [0.15, 0.2) is 30.5 Å². The van der Waals surface area contributed by atoms with Gasteiger partial charge in [-0.2, -0.15) is 5.10 Å². The first-order chi connectivity index (χ1) is 9.97. The molecule has 21 heavy (non-hydrogen) atoms. The van der Waals surface area contributed by atoms with Gasteiger partial charge in [-0.15, -0.1) is 0 Å². The average molecular weight is 286 g/mol. The standard InChI is InChI=1S/C16H22N4O/c1-16(2)11-19(8-7-14(16)17)15(21)10-20-13-6-4-3-5-12(13)9-18-20/h3-6,9,14H,7-8,10-11,17H2,1-2H3. The fourth-order valence-corrected chi connectivity index (χ4v) is 2.97. The van der Waals surface area contributed by atoms with Gasteiger partial charge < -0.3 is 10.6 Å². The van der Waals surface area contributed by atoms with Crippen LogP contribution in [0.3, 0.4) is 0 Å². The van der Waals surface area contributed by atoms with Gasteiger partial charge in [-0.05, 0) is 17.9 Å². The summed E-state index contributed by atoms with van der Waals surface area (Å²) in [6, 6.07) is 8.10. The number of fused-ring (bicyclic) bond motifs is 1. The van der Waals surface area contributed by atoms with Gasteiger partial charge >= 0.3 is 0 Å². The van der Waals surface area contributed by atoms with E-state index in [4.69, 9.17) is 5.73 Å². The van der Waals surface area contributed by atoms with Crippen LogP contribution >= 0.6 is 0 Å². The molecule has 1 aliphatic heterocycles. The summed E-state index contributed by atoms with van der Waals surface area (Å²) in [5.41, 5.74) is 7.10. The number of hydrogen-bond acceptors (Lipinski definition) is 3. The van der Waals surface area contributed by atoms with E-state index in [0.717, 1.165) is 23.9 Å². The Morgan fingerprint density at radius 2 is 2.19 bits per heavy atom. The monoisotopic (exact) mass is 286 g/mol. The Labute approximate surface area is 124 Å². The molecule has 2 N–H and O–H groups in total. The molecule has 0 spiro atoms. The lowest BCUT2D eigenvalue weighted by molar-refractivity contribution is -0.135. The summed E-state index contributed by atoms with van der Waals surface area (Å²) in [6.45, 7) is 5.99. The minimum Gasteiger partial charge on any atom is -0.340 e. The van der Waals surface area contributed by atoms with Gasteiger partial charge in [0.1, 0.15) is 6.54 Å². The molecule has 1 aromatic carbocycles. The first kappa shape index (κ1) is 14.1. The second-order valence-electron chi connectivity index (χ2n) is 6.56. The summed E-state index contributed by atoms with van der Waals surface area (Å²) in [4.78, 5) is 14.4. The highest BCUT2D eigenvalue weighted by Crippen LogP contribution is 2.27. The topological polar surface area (TPSA) is 64.2 Å². The lowest BCUT2D eigenvalue weighted by Gasteiger charge is -2.42. The molecule has 1 saturated heterocycles. The third-order valence-corrected chi connectivity index (χ3v) is 4.50. The van der Waals surface area contributed by atoms with Gasteiger partial charge in [0.05, 0.1) is 11.7 Å². The molecule has 0 aliphatic carbocycles. The van der Waals surface area contributed by atoms with E-state index in [0.29, 0.717) is 13.1 Å². The van der Waals surface area contributed by atoms with Crippen molar-refractivity contribution >= 4 is 16.8 Å². The fourth-order valence-electron chi connectivity index (χ4n) is 2.97. The van der Waals surface area contributed by atoms with E-state index in [9.17, 15) is 4.79 Å². The van der Waals surface area contributed by atoms with Gasteiger partial charge in [0.2, 0.25) is 5.91 Å². The highest BCUT2D eigenvalue weighted by Gasteiger charge is 2.35. The number of hydrogen-bond donors (Lipinski definition) is 1. The Balaban J connectivity index is 1.75. The molecule has 1 atom stereocenters. The van der Waals surface area contributed by atoms with Crippen LogP contribution < -0.4 is 5.73 Å². The lowest BCUT2D eigenvalue weighted by Crippen LogP contribution is -2.54. The zero-order valence-corrected chi connectivity index (χ0v) is 12.6. The average Bonchev–Trinajstić information content (AvgIpc) is 2.85. The minimum absolute atomic E-state index is 0.0277. The number of nitrogens with two attached hydrogens (primary N) is 1. The number of benzene rings is 1. The van der Waals surface area contributed by atoms with Crippen molar-refractivity contribution in [3.05, 3.63) is 30.5 Å². The molecule has 1 aliphatic rings. The van der Waals surface area contributed by atoms with Crippen LogP contribution in [-0.2, 0) is 11.3 Å². The van der Waals surface area contributed by atoms with Crippen molar-refractivity contribution in [2.45, 2.75) is 32.9 Å². The molecule has 1 fully saturated rings. The smallest absolute Gasteiger partial charge is 0.244 e. The second kappa shape index (κ2) is 5.15. The third-order valence-electron chi connectivity index (χ3n) is 4.50. The molecule has 1 amide bonds. The van der Waals surface area contributed by atoms with Crippen LogP contribution in [0, 0.1) is 5.41 Å². The van der Waals surface area contributed by atoms with E-state index in [1.807, 2.05) is 29.2 Å². The molecular weight excluding hydrogens is 264 g/mol. The second-order valence-corrected chi connectivity index (χ2v) is 6.56. The van der Waals surface area contributed by atoms with E-state index < -0.39 is 0 Å². The van der Waals surface area contributed by atoms with E-state index in [-0.39, 0.29) is 17.4 Å².